The van der Waals surface area contributed by atoms with Crippen LogP contribution in [0.4, 0.5) is 0 Å². The summed E-state index contributed by atoms with van der Waals surface area (Å²) in [4.78, 5) is 11.6. The molecule has 4 N–H and O–H groups in total. The van der Waals surface area contributed by atoms with Gasteiger partial charge >= 0.3 is 0 Å². The van der Waals surface area contributed by atoms with E-state index in [-0.39, 0.29) is 10.8 Å². The lowest BCUT2D eigenvalue weighted by Crippen LogP contribution is -2.29. The lowest BCUT2D eigenvalue weighted by Gasteiger charge is -2.05. The minimum Gasteiger partial charge on any atom is -0.355 e. The Kier molecular flexibility index (Phi) is 5.94. The summed E-state index contributed by atoms with van der Waals surface area (Å²) in [6.45, 7) is 0.889. The van der Waals surface area contributed by atoms with Crippen LogP contribution < -0.4 is 15.8 Å². The fourth-order valence-corrected chi connectivity index (χ4v) is 2.24. The van der Waals surface area contributed by atoms with Crippen LogP contribution >= 0.6 is 0 Å². The minimum absolute atomic E-state index is 0.0580. The zero-order chi connectivity index (χ0) is 14.3. The fourth-order valence-electron chi connectivity index (χ4n) is 1.51. The molecule has 0 unspecified atom stereocenters. The van der Waals surface area contributed by atoms with Crippen LogP contribution in [0.2, 0.25) is 0 Å². The fraction of sp³-hybridized carbons (Fsp3) is 0.417. The number of rotatable bonds is 7. The second-order valence-corrected chi connectivity index (χ2v) is 5.88. The first-order chi connectivity index (χ1) is 8.99. The third-order valence-electron chi connectivity index (χ3n) is 2.61. The topological polar surface area (TPSA) is 101 Å². The molecule has 0 atom stereocenters. The molecule has 1 aromatic carbocycles. The van der Waals surface area contributed by atoms with Crippen LogP contribution in [0.15, 0.2) is 29.2 Å². The summed E-state index contributed by atoms with van der Waals surface area (Å²) >= 11 is 0. The number of nitrogens with two attached hydrogens (primary N) is 1. The van der Waals surface area contributed by atoms with Crippen molar-refractivity contribution in [1.29, 1.82) is 0 Å². The van der Waals surface area contributed by atoms with Crippen molar-refractivity contribution < 1.29 is 13.2 Å². The first-order valence-corrected chi connectivity index (χ1v) is 7.47. The average molecular weight is 285 g/mol. The Balaban J connectivity index is 2.56. The van der Waals surface area contributed by atoms with Crippen LogP contribution in [0.5, 0.6) is 0 Å². The Morgan fingerprint density at radius 2 is 1.89 bits per heavy atom. The van der Waals surface area contributed by atoms with E-state index in [9.17, 15) is 13.2 Å². The Hall–Kier alpha value is -1.44. The van der Waals surface area contributed by atoms with E-state index in [1.807, 2.05) is 0 Å². The van der Waals surface area contributed by atoms with Crippen molar-refractivity contribution in [1.82, 2.24) is 10.0 Å². The van der Waals surface area contributed by atoms with Gasteiger partial charge in [0.25, 0.3) is 0 Å². The quantitative estimate of drug-likeness (QED) is 0.634. The second-order valence-electron chi connectivity index (χ2n) is 3.99. The van der Waals surface area contributed by atoms with Gasteiger partial charge in [-0.1, -0.05) is 12.1 Å². The number of sulfonamides is 1. The van der Waals surface area contributed by atoms with Gasteiger partial charge in [-0.15, -0.1) is 0 Å². The van der Waals surface area contributed by atoms with Gasteiger partial charge in [-0.05, 0) is 31.2 Å². The van der Waals surface area contributed by atoms with Crippen molar-refractivity contribution in [3.8, 4) is 0 Å². The standard InChI is InChI=1S/C12H19N3O3S/c1-14-19(17,18)11-5-2-10(3-6-11)4-7-12(16)15-9-8-13/h2-3,5-6,14H,4,7-9,13H2,1H3,(H,15,16). The SMILES string of the molecule is CNS(=O)(=O)c1ccc(CCC(=O)NCCN)cc1. The Labute approximate surface area is 113 Å². The van der Waals surface area contributed by atoms with E-state index in [1.54, 1.807) is 12.1 Å². The highest BCUT2D eigenvalue weighted by molar-refractivity contribution is 7.89. The molecular weight excluding hydrogens is 266 g/mol. The summed E-state index contributed by atoms with van der Waals surface area (Å²) in [6.07, 6.45) is 0.925. The molecule has 0 aliphatic rings. The molecule has 1 amide bonds. The molecule has 0 saturated heterocycles. The second kappa shape index (κ2) is 7.22. The summed E-state index contributed by atoms with van der Waals surface area (Å²) in [6, 6.07) is 6.47. The molecule has 0 heterocycles. The number of nitrogens with one attached hydrogen (secondary N) is 2. The van der Waals surface area contributed by atoms with Crippen LogP contribution in [0, 0.1) is 0 Å². The van der Waals surface area contributed by atoms with Gasteiger partial charge in [-0.2, -0.15) is 0 Å². The van der Waals surface area contributed by atoms with Gasteiger partial charge in [-0.25, -0.2) is 13.1 Å². The van der Waals surface area contributed by atoms with E-state index < -0.39 is 10.0 Å². The van der Waals surface area contributed by atoms with Crippen LogP contribution in [0.25, 0.3) is 0 Å². The summed E-state index contributed by atoms with van der Waals surface area (Å²) in [7, 11) is -2.04. The van der Waals surface area contributed by atoms with Crippen molar-refractivity contribution in [2.45, 2.75) is 17.7 Å². The highest BCUT2D eigenvalue weighted by Gasteiger charge is 2.10. The monoisotopic (exact) mass is 285 g/mol. The molecule has 0 aliphatic heterocycles. The van der Waals surface area contributed by atoms with Crippen LogP contribution in [0.3, 0.4) is 0 Å². The van der Waals surface area contributed by atoms with E-state index in [0.29, 0.717) is 25.9 Å². The van der Waals surface area contributed by atoms with Gasteiger partial charge in [0.15, 0.2) is 0 Å². The number of hydrogen-bond donors (Lipinski definition) is 3. The molecule has 19 heavy (non-hydrogen) atoms. The molecule has 1 aromatic rings. The normalized spacial score (nSPS) is 11.3. The van der Waals surface area contributed by atoms with Crippen LogP contribution in [-0.2, 0) is 21.2 Å². The molecule has 6 nitrogen and oxygen atoms in total. The first kappa shape index (κ1) is 15.6. The molecule has 0 spiro atoms. The number of hydrogen-bond acceptors (Lipinski definition) is 4. The average Bonchev–Trinajstić information content (AvgIpc) is 2.43. The molecule has 0 aromatic heterocycles. The smallest absolute Gasteiger partial charge is 0.240 e. The predicted octanol–water partition coefficient (Wildman–Crippen LogP) is -0.398. The molecule has 106 valence electrons. The number of benzene rings is 1. The zero-order valence-electron chi connectivity index (χ0n) is 10.8. The lowest BCUT2D eigenvalue weighted by atomic mass is 10.1. The van der Waals surface area contributed by atoms with Crippen LogP contribution in [0.1, 0.15) is 12.0 Å². The summed E-state index contributed by atoms with van der Waals surface area (Å²) in [5.41, 5.74) is 6.19. The Bertz CT molecular complexity index is 512. The van der Waals surface area contributed by atoms with Crippen molar-refractivity contribution in [3.05, 3.63) is 29.8 Å². The van der Waals surface area contributed by atoms with Gasteiger partial charge in [0, 0.05) is 19.5 Å². The van der Waals surface area contributed by atoms with E-state index in [4.69, 9.17) is 5.73 Å². The largest absolute Gasteiger partial charge is 0.355 e. The van der Waals surface area contributed by atoms with E-state index in [2.05, 4.69) is 10.0 Å². The van der Waals surface area contributed by atoms with Crippen molar-refractivity contribution in [2.24, 2.45) is 5.73 Å². The minimum atomic E-state index is -3.40. The predicted molar refractivity (Wildman–Crippen MR) is 73.1 cm³/mol. The van der Waals surface area contributed by atoms with E-state index >= 15 is 0 Å². The molecule has 0 bridgehead atoms. The number of carbonyl (C=O) groups is 1. The third-order valence-corrected chi connectivity index (χ3v) is 4.04. The number of amides is 1. The molecule has 1 rings (SSSR count). The van der Waals surface area contributed by atoms with Crippen molar-refractivity contribution >= 4 is 15.9 Å². The maximum absolute atomic E-state index is 11.5. The summed E-state index contributed by atoms with van der Waals surface area (Å²) < 4.78 is 25.3. The summed E-state index contributed by atoms with van der Waals surface area (Å²) in [5.74, 6) is -0.0580. The molecule has 7 heteroatoms. The van der Waals surface area contributed by atoms with Crippen LogP contribution in [-0.4, -0.2) is 34.5 Å². The molecule has 0 fully saturated rings. The Morgan fingerprint density at radius 1 is 1.26 bits per heavy atom. The number of aryl methyl sites for hydroxylation is 1. The van der Waals surface area contributed by atoms with Gasteiger partial charge in [0.2, 0.25) is 15.9 Å². The molecule has 0 saturated carbocycles. The first-order valence-electron chi connectivity index (χ1n) is 5.99. The zero-order valence-corrected chi connectivity index (χ0v) is 11.7. The highest BCUT2D eigenvalue weighted by atomic mass is 32.2. The Morgan fingerprint density at radius 3 is 2.42 bits per heavy atom. The number of carbonyl (C=O) groups excluding carboxylic acids is 1. The molecule has 0 radical (unpaired) electrons. The molecular formula is C12H19N3O3S. The molecule has 0 aliphatic carbocycles. The van der Waals surface area contributed by atoms with E-state index in [0.717, 1.165) is 5.56 Å². The van der Waals surface area contributed by atoms with Crippen molar-refractivity contribution in [3.63, 3.8) is 0 Å². The van der Waals surface area contributed by atoms with Gasteiger partial charge in [0.1, 0.15) is 0 Å². The highest BCUT2D eigenvalue weighted by Crippen LogP contribution is 2.11. The third kappa shape index (κ3) is 4.98. The van der Waals surface area contributed by atoms with E-state index in [1.165, 1.54) is 19.2 Å². The lowest BCUT2D eigenvalue weighted by molar-refractivity contribution is -0.120. The summed E-state index contributed by atoms with van der Waals surface area (Å²) in [5, 5.41) is 2.68. The van der Waals surface area contributed by atoms with Gasteiger partial charge in [-0.3, -0.25) is 4.79 Å². The maximum Gasteiger partial charge on any atom is 0.240 e. The van der Waals surface area contributed by atoms with Gasteiger partial charge in [0.05, 0.1) is 4.90 Å². The van der Waals surface area contributed by atoms with Crippen molar-refractivity contribution in [2.75, 3.05) is 20.1 Å². The maximum atomic E-state index is 11.5. The van der Waals surface area contributed by atoms with Gasteiger partial charge < -0.3 is 11.1 Å².